The van der Waals surface area contributed by atoms with Crippen molar-refractivity contribution in [2.75, 3.05) is 80.0 Å². The highest BCUT2D eigenvalue weighted by Crippen LogP contribution is 2.69. The van der Waals surface area contributed by atoms with E-state index in [-0.39, 0.29) is 98.4 Å². The maximum absolute atomic E-state index is 12.8. The first-order valence-electron chi connectivity index (χ1n) is 52.6. The van der Waals surface area contributed by atoms with E-state index in [0.717, 1.165) is 102 Å². The van der Waals surface area contributed by atoms with Crippen LogP contribution in [0.15, 0.2) is 166 Å². The van der Waals surface area contributed by atoms with Crippen molar-refractivity contribution in [3.63, 3.8) is 0 Å². The lowest BCUT2D eigenvalue weighted by molar-refractivity contribution is -0.0785. The van der Waals surface area contributed by atoms with E-state index in [1.54, 1.807) is 40.7 Å². The maximum atomic E-state index is 12.8. The van der Waals surface area contributed by atoms with E-state index in [0.29, 0.717) is 121 Å². The van der Waals surface area contributed by atoms with Crippen molar-refractivity contribution in [2.24, 2.45) is 0 Å². The molecular weight excluding hydrogens is 2000 g/mol. The maximum Gasteiger partial charge on any atom is 0.330 e. The number of benzene rings is 4. The molecule has 6 aromatic heterocycles. The van der Waals surface area contributed by atoms with Gasteiger partial charge in [-0.1, -0.05) is 149 Å². The molecule has 4 aromatic carbocycles. The van der Waals surface area contributed by atoms with Crippen molar-refractivity contribution >= 4 is 56.4 Å². The van der Waals surface area contributed by atoms with E-state index in [1.165, 1.54) is 32.7 Å². The molecule has 12 saturated heterocycles. The zero-order valence-electron chi connectivity index (χ0n) is 87.6. The first-order chi connectivity index (χ1) is 72.8. The number of aromatic nitrogens is 12. The van der Waals surface area contributed by atoms with Gasteiger partial charge in [-0.15, -0.1) is 0 Å². The molecular formula is C106H138N18O22P4. The standard InChI is InChI=1S/2C27H33N6O4P.2C26H36N3O7P/c2*1-4-20-21(36-38-33-14-8-12-22(33)27(3,37-38)19-10-6-5-7-11-19)16-23(35-20)32-17-29-24-25(32)30-18(2)31-26(24)34-15-9-13-28;2*1-5-19-21(22(33-15-14-32-4)24(34-19)28-16-17(2)23(30)27-25(28)31)35-37-29-13-9-12-20(29)26(3,36-37)18-10-7-6-8-11-18/h2*5-7,10-11,17,20-23H,4,8-9,12,14-16H2,1-3H3;2*6-8,10-11,16,19-22,24H,5,9,12-15H2,1-4H3,(H,27,30,31)/t20-,21-,22+,23-,27-,38+;20-,21-,22-,23-,27+,38-;19-,20+,21+,22?,24-,26-,37+;19-,20-,21+,22?,24-,26+,37-/m1111/s1. The summed E-state index contributed by atoms with van der Waals surface area (Å²) in [6.07, 6.45) is 14.9. The fourth-order valence-electron chi connectivity index (χ4n) is 22.9. The minimum atomic E-state index is -1.40. The number of methoxy groups -OCH3 is 2. The highest BCUT2D eigenvalue weighted by atomic mass is 31.2. The lowest BCUT2D eigenvalue weighted by atomic mass is 9.87. The van der Waals surface area contributed by atoms with Crippen LogP contribution >= 0.6 is 34.1 Å². The van der Waals surface area contributed by atoms with E-state index in [2.05, 4.69) is 185 Å². The average molecular weight is 2140 g/mol. The molecule has 0 amide bonds. The molecule has 40 nitrogen and oxygen atoms in total. The Balaban J connectivity index is 0.000000125. The highest BCUT2D eigenvalue weighted by Gasteiger charge is 2.63. The summed E-state index contributed by atoms with van der Waals surface area (Å²) in [6.45, 7) is 29.6. The van der Waals surface area contributed by atoms with Gasteiger partial charge < -0.3 is 83.6 Å². The topological polar surface area (TPSA) is 424 Å². The smallest absolute Gasteiger partial charge is 0.330 e. The SMILES string of the molecule is CC[C@H]1O[C@@H](n2cc(C)c(=O)[nH]c2=O)C(OCCOC)[C@H]1O[P@@]1O[C@](C)(c2ccccc2)[C@@H]2CCCN21.CC[C@H]1O[C@@H](n2cc(C)c(=O)[nH]c2=O)C(OCCOC)[C@H]1O[P@]1O[C@@](C)(c2ccccc2)[C@H]2CCCN21.CC[C@H]1O[C@@H](n2cnc3c(OCCC#N)nc(C)nc32)C[C@H]1O[P@@]1O[C@](C)(c2ccccc2)[C@@H]2CCCN21.CC[C@H]1O[C@@H](n2cnc3c(OCCC#N)nc(C)nc32)C[C@H]1O[P@]1O[C@@](C)(c2ccccc2)[C@H]2CCCN21. The molecule has 0 spiro atoms. The number of nitrogens with zero attached hydrogens (tertiary/aromatic N) is 16. The number of aromatic amines is 2. The summed E-state index contributed by atoms with van der Waals surface area (Å²) in [5.41, 5.74) is 4.28. The molecule has 2 N–H and O–H groups in total. The summed E-state index contributed by atoms with van der Waals surface area (Å²) in [5.74, 6) is 1.93. The lowest BCUT2D eigenvalue weighted by Crippen LogP contribution is -2.41. The van der Waals surface area contributed by atoms with Crippen LogP contribution in [0, 0.1) is 50.4 Å². The number of fused-ring (bicyclic) bond motifs is 6. The van der Waals surface area contributed by atoms with Crippen LogP contribution < -0.4 is 32.0 Å². The molecule has 12 fully saturated rings. The molecule has 0 aliphatic carbocycles. The Hall–Kier alpha value is -9.16. The molecule has 0 radical (unpaired) electrons. The molecule has 22 rings (SSSR count). The van der Waals surface area contributed by atoms with Gasteiger partial charge in [-0.25, -0.2) is 48.2 Å². The number of hydrogen-bond donors (Lipinski definition) is 2. The monoisotopic (exact) mass is 2140 g/mol. The predicted molar refractivity (Wildman–Crippen MR) is 559 cm³/mol. The molecule has 12 aliphatic rings. The summed E-state index contributed by atoms with van der Waals surface area (Å²) in [4.78, 5) is 81.4. The van der Waals surface area contributed by atoms with Crippen molar-refractivity contribution in [3.05, 3.63) is 233 Å². The minimum Gasteiger partial charge on any atom is -0.475 e. The Labute approximate surface area is 877 Å². The quantitative estimate of drug-likeness (QED) is 0.0279. The van der Waals surface area contributed by atoms with Crippen molar-refractivity contribution in [1.82, 2.24) is 76.8 Å². The van der Waals surface area contributed by atoms with Crippen LogP contribution in [0.2, 0.25) is 0 Å². The zero-order valence-corrected chi connectivity index (χ0v) is 91.1. The normalized spacial score (nSPS) is 32.4. The van der Waals surface area contributed by atoms with Gasteiger partial charge >= 0.3 is 11.4 Å². The molecule has 10 aromatic rings. The number of rotatable bonds is 34. The largest absolute Gasteiger partial charge is 0.475 e. The number of H-pyrrole nitrogens is 2. The highest BCUT2D eigenvalue weighted by molar-refractivity contribution is 7.45. The molecule has 2 unspecified atom stereocenters. The Morgan fingerprint density at radius 3 is 1.03 bits per heavy atom. The minimum absolute atomic E-state index is 0.0672. The summed E-state index contributed by atoms with van der Waals surface area (Å²) in [7, 11) is -2.00. The van der Waals surface area contributed by atoms with Crippen LogP contribution in [-0.2, 0) is 96.5 Å². The van der Waals surface area contributed by atoms with Crippen LogP contribution in [-0.4, -0.2) is 242 Å². The number of nitrogens with one attached hydrogen (secondary N) is 2. The van der Waals surface area contributed by atoms with Gasteiger partial charge in [0.2, 0.25) is 11.8 Å². The molecule has 150 heavy (non-hydrogen) atoms. The van der Waals surface area contributed by atoms with Crippen molar-refractivity contribution in [2.45, 2.75) is 318 Å². The third kappa shape index (κ3) is 22.2. The number of imidazole rings is 2. The van der Waals surface area contributed by atoms with E-state index in [4.69, 9.17) is 94.1 Å². The van der Waals surface area contributed by atoms with Gasteiger partial charge in [0, 0.05) is 76.8 Å². The third-order valence-electron chi connectivity index (χ3n) is 30.7. The number of ether oxygens (including phenoxy) is 10. The zero-order chi connectivity index (χ0) is 105. The molecule has 44 heteroatoms. The van der Waals surface area contributed by atoms with Gasteiger partial charge in [0.05, 0.1) is 125 Å². The Morgan fingerprint density at radius 1 is 0.407 bits per heavy atom. The Morgan fingerprint density at radius 2 is 0.727 bits per heavy atom. The second-order valence-corrected chi connectivity index (χ2v) is 45.9. The molecule has 12 aliphatic heterocycles. The number of nitriles is 2. The van der Waals surface area contributed by atoms with E-state index in [9.17, 15) is 19.2 Å². The first kappa shape index (κ1) is 109. The Kier molecular flexibility index (Phi) is 35.0. The molecule has 0 saturated carbocycles. The van der Waals surface area contributed by atoms with Gasteiger partial charge in [-0.3, -0.25) is 37.8 Å². The van der Waals surface area contributed by atoms with E-state index >= 15 is 0 Å². The predicted octanol–water partition coefficient (Wildman–Crippen LogP) is 16.7. The summed E-state index contributed by atoms with van der Waals surface area (Å²) >= 11 is 0. The number of aryl methyl sites for hydroxylation is 4. The van der Waals surface area contributed by atoms with E-state index in [1.807, 2.05) is 85.4 Å². The van der Waals surface area contributed by atoms with Gasteiger partial charge in [-0.2, -0.15) is 20.5 Å². The molecule has 26 atom stereocenters. The van der Waals surface area contributed by atoms with Gasteiger partial charge in [0.15, 0.2) is 34.8 Å². The average Bonchev–Trinajstić information content (AvgIpc) is 1.59. The van der Waals surface area contributed by atoms with Crippen LogP contribution in [0.25, 0.3) is 22.3 Å². The van der Waals surface area contributed by atoms with Crippen LogP contribution in [0.1, 0.15) is 228 Å². The molecule has 804 valence electrons. The summed E-state index contributed by atoms with van der Waals surface area (Å²) in [5, 5.41) is 17.7. The van der Waals surface area contributed by atoms with Crippen LogP contribution in [0.5, 0.6) is 11.8 Å². The second-order valence-electron chi connectivity index (χ2n) is 40.3. The van der Waals surface area contributed by atoms with Crippen molar-refractivity contribution in [1.29, 1.82) is 10.5 Å². The Bertz CT molecular complexity index is 6210. The second kappa shape index (κ2) is 48.1. The van der Waals surface area contributed by atoms with Gasteiger partial charge in [-0.05, 0) is 155 Å². The number of hydrogen-bond acceptors (Lipinski definition) is 34. The van der Waals surface area contributed by atoms with Crippen molar-refractivity contribution < 1.29 is 83.6 Å². The van der Waals surface area contributed by atoms with Gasteiger partial charge in [0.25, 0.3) is 45.2 Å². The van der Waals surface area contributed by atoms with Crippen LogP contribution in [0.3, 0.4) is 0 Å². The summed E-state index contributed by atoms with van der Waals surface area (Å²) < 4.78 is 131. The lowest BCUT2D eigenvalue weighted by Gasteiger charge is -2.29. The fraction of sp³-hybridized carbons (Fsp3) is 0.585. The molecule has 0 bridgehead atoms. The summed E-state index contributed by atoms with van der Waals surface area (Å²) in [6, 6.07) is 46.9. The first-order valence-corrected chi connectivity index (χ1v) is 57.1. The van der Waals surface area contributed by atoms with Crippen LogP contribution in [0.4, 0.5) is 0 Å². The van der Waals surface area contributed by atoms with E-state index < -0.39 is 105 Å². The molecule has 18 heterocycles. The van der Waals surface area contributed by atoms with Gasteiger partial charge in [0.1, 0.15) is 84.1 Å². The third-order valence-corrected chi connectivity index (χ3v) is 38.2. The fourth-order valence-corrected chi connectivity index (χ4v) is 31.4. The van der Waals surface area contributed by atoms with Crippen molar-refractivity contribution in [3.8, 4) is 23.9 Å².